The fraction of sp³-hybridized carbons (Fsp3) is 0.280. The van der Waals surface area contributed by atoms with Crippen LogP contribution in [0.4, 0.5) is 10.5 Å². The number of hydrogen-bond donors (Lipinski definition) is 1. The molecule has 1 heterocycles. The average Bonchev–Trinajstić information content (AvgIpc) is 3.36. The molecule has 6 nitrogen and oxygen atoms in total. The monoisotopic (exact) mass is 449 g/mol. The number of carbonyl (C=O) groups excluding carboxylic acids is 1. The Hall–Kier alpha value is -3.19. The molecule has 0 aliphatic heterocycles. The molecule has 3 aromatic rings. The molecule has 0 bridgehead atoms. The zero-order valence-corrected chi connectivity index (χ0v) is 19.5. The number of carbonyl (C=O) groups is 1. The van der Waals surface area contributed by atoms with Crippen LogP contribution in [0.2, 0.25) is 0 Å². The Labute approximate surface area is 192 Å². The van der Waals surface area contributed by atoms with Crippen LogP contribution in [-0.4, -0.2) is 35.3 Å². The summed E-state index contributed by atoms with van der Waals surface area (Å²) in [6, 6.07) is 15.6. The lowest BCUT2D eigenvalue weighted by Gasteiger charge is -2.15. The molecule has 0 spiro atoms. The van der Waals surface area contributed by atoms with Gasteiger partial charge in [-0.25, -0.2) is 9.48 Å². The van der Waals surface area contributed by atoms with Crippen molar-refractivity contribution >= 4 is 23.5 Å². The summed E-state index contributed by atoms with van der Waals surface area (Å²) in [6.45, 7) is 4.10. The Bertz CT molecular complexity index is 1140. The van der Waals surface area contributed by atoms with Crippen molar-refractivity contribution in [3.05, 3.63) is 77.6 Å². The molecule has 1 N–H and O–H groups in total. The van der Waals surface area contributed by atoms with E-state index in [9.17, 15) is 4.79 Å². The fourth-order valence-corrected chi connectivity index (χ4v) is 4.58. The molecule has 7 heteroatoms. The van der Waals surface area contributed by atoms with Crippen LogP contribution in [0.15, 0.2) is 65.6 Å². The molecule has 2 aromatic carbocycles. The van der Waals surface area contributed by atoms with E-state index in [0.29, 0.717) is 6.42 Å². The standard InChI is InChI=1S/C25H27N3O3S/c1-16-24(17(2)28(27-16)20-9-12-21(30-3)13-10-20)18-8-11-22(14-18)31-25(29)26-19-6-5-7-23(15-19)32-4/h5-13,15,18,22H,14H2,1-4H3,(H,26,29)/t18-,22-/m1/s1. The molecule has 1 aliphatic rings. The number of anilines is 1. The van der Waals surface area contributed by atoms with Crippen LogP contribution in [-0.2, 0) is 4.74 Å². The minimum absolute atomic E-state index is 0.152. The van der Waals surface area contributed by atoms with Crippen LogP contribution >= 0.6 is 11.8 Å². The molecule has 0 radical (unpaired) electrons. The highest BCUT2D eigenvalue weighted by atomic mass is 32.2. The van der Waals surface area contributed by atoms with Crippen LogP contribution in [0, 0.1) is 13.8 Å². The molecule has 0 fully saturated rings. The molecule has 166 valence electrons. The maximum absolute atomic E-state index is 12.4. The topological polar surface area (TPSA) is 65.4 Å². The Morgan fingerprint density at radius 2 is 1.94 bits per heavy atom. The first-order chi connectivity index (χ1) is 15.5. The minimum Gasteiger partial charge on any atom is -0.497 e. The predicted molar refractivity (Wildman–Crippen MR) is 128 cm³/mol. The summed E-state index contributed by atoms with van der Waals surface area (Å²) in [4.78, 5) is 13.5. The van der Waals surface area contributed by atoms with Gasteiger partial charge in [0.2, 0.25) is 0 Å². The summed E-state index contributed by atoms with van der Waals surface area (Å²) in [6.07, 6.45) is 6.07. The maximum atomic E-state index is 12.4. The molecule has 0 saturated carbocycles. The van der Waals surface area contributed by atoms with Crippen molar-refractivity contribution in [1.82, 2.24) is 9.78 Å². The number of aromatic nitrogens is 2. The summed E-state index contributed by atoms with van der Waals surface area (Å²) in [7, 11) is 1.66. The van der Waals surface area contributed by atoms with Gasteiger partial charge in [0.1, 0.15) is 11.9 Å². The number of benzene rings is 2. The number of nitrogens with one attached hydrogen (secondary N) is 1. The minimum atomic E-state index is -0.444. The SMILES string of the molecule is COc1ccc(-n2nc(C)c([C@@H]3C=C[C@@H](OC(=O)Nc4cccc(SC)c4)C3)c2C)cc1. The first kappa shape index (κ1) is 22.0. The second-order valence-corrected chi connectivity index (χ2v) is 8.60. The van der Waals surface area contributed by atoms with Gasteiger partial charge in [0.25, 0.3) is 0 Å². The van der Waals surface area contributed by atoms with E-state index in [1.54, 1.807) is 18.9 Å². The van der Waals surface area contributed by atoms with E-state index < -0.39 is 6.09 Å². The predicted octanol–water partition coefficient (Wildman–Crippen LogP) is 5.88. The number of allylic oxidation sites excluding steroid dienone is 1. The maximum Gasteiger partial charge on any atom is 0.412 e. The number of hydrogen-bond acceptors (Lipinski definition) is 5. The van der Waals surface area contributed by atoms with E-state index >= 15 is 0 Å². The van der Waals surface area contributed by atoms with Crippen molar-refractivity contribution in [2.45, 2.75) is 37.2 Å². The van der Waals surface area contributed by atoms with Gasteiger partial charge in [-0.05, 0) is 75.1 Å². The van der Waals surface area contributed by atoms with Crippen molar-refractivity contribution in [3.8, 4) is 11.4 Å². The highest BCUT2D eigenvalue weighted by molar-refractivity contribution is 7.98. The highest BCUT2D eigenvalue weighted by Crippen LogP contribution is 2.35. The molecular weight excluding hydrogens is 422 g/mol. The lowest BCUT2D eigenvalue weighted by atomic mass is 9.96. The quantitative estimate of drug-likeness (QED) is 0.376. The van der Waals surface area contributed by atoms with Gasteiger partial charge >= 0.3 is 6.09 Å². The van der Waals surface area contributed by atoms with Gasteiger partial charge < -0.3 is 9.47 Å². The van der Waals surface area contributed by atoms with E-state index in [2.05, 4.69) is 18.3 Å². The van der Waals surface area contributed by atoms with Gasteiger partial charge in [-0.3, -0.25) is 5.32 Å². The molecule has 32 heavy (non-hydrogen) atoms. The number of ether oxygens (including phenoxy) is 2. The van der Waals surface area contributed by atoms with Crippen LogP contribution < -0.4 is 10.1 Å². The van der Waals surface area contributed by atoms with Crippen LogP contribution in [0.1, 0.15) is 29.3 Å². The number of methoxy groups -OCH3 is 1. The third-order valence-corrected chi connectivity index (χ3v) is 6.38. The number of rotatable bonds is 6. The van der Waals surface area contributed by atoms with Crippen molar-refractivity contribution in [3.63, 3.8) is 0 Å². The third kappa shape index (κ3) is 4.67. The smallest absolute Gasteiger partial charge is 0.412 e. The first-order valence-electron chi connectivity index (χ1n) is 10.5. The highest BCUT2D eigenvalue weighted by Gasteiger charge is 2.28. The van der Waals surface area contributed by atoms with Crippen molar-refractivity contribution in [2.75, 3.05) is 18.7 Å². The molecule has 0 unspecified atom stereocenters. The van der Waals surface area contributed by atoms with E-state index in [4.69, 9.17) is 14.6 Å². The Morgan fingerprint density at radius 3 is 2.66 bits per heavy atom. The Balaban J connectivity index is 1.42. The van der Waals surface area contributed by atoms with E-state index in [1.165, 1.54) is 5.56 Å². The van der Waals surface area contributed by atoms with Crippen molar-refractivity contribution < 1.29 is 14.3 Å². The van der Waals surface area contributed by atoms with E-state index in [-0.39, 0.29) is 12.0 Å². The molecule has 0 saturated heterocycles. The summed E-state index contributed by atoms with van der Waals surface area (Å²) in [5.74, 6) is 0.965. The van der Waals surface area contributed by atoms with Crippen molar-refractivity contribution in [2.24, 2.45) is 0 Å². The largest absolute Gasteiger partial charge is 0.497 e. The van der Waals surface area contributed by atoms with Gasteiger partial charge in [-0.15, -0.1) is 11.8 Å². The lowest BCUT2D eigenvalue weighted by molar-refractivity contribution is 0.132. The first-order valence-corrected chi connectivity index (χ1v) is 11.7. The van der Waals surface area contributed by atoms with Crippen LogP contribution in [0.25, 0.3) is 5.69 Å². The van der Waals surface area contributed by atoms with Gasteiger partial charge in [-0.2, -0.15) is 5.10 Å². The second-order valence-electron chi connectivity index (χ2n) is 7.72. The molecule has 2 atom stereocenters. The molecule has 1 aromatic heterocycles. The molecule has 1 amide bonds. The van der Waals surface area contributed by atoms with Crippen molar-refractivity contribution in [1.29, 1.82) is 0 Å². The van der Waals surface area contributed by atoms with E-state index in [1.807, 2.05) is 72.5 Å². The Kier molecular flexibility index (Phi) is 6.55. The summed E-state index contributed by atoms with van der Waals surface area (Å²) in [5.41, 5.74) is 4.96. The lowest BCUT2D eigenvalue weighted by Crippen LogP contribution is -2.20. The number of aryl methyl sites for hydroxylation is 1. The number of amides is 1. The fourth-order valence-electron chi connectivity index (χ4n) is 4.12. The van der Waals surface area contributed by atoms with Gasteiger partial charge in [0.15, 0.2) is 0 Å². The van der Waals surface area contributed by atoms with Crippen LogP contribution in [0.5, 0.6) is 5.75 Å². The zero-order chi connectivity index (χ0) is 22.7. The summed E-state index contributed by atoms with van der Waals surface area (Å²) < 4.78 is 12.9. The molecule has 1 aliphatic carbocycles. The number of nitrogens with zero attached hydrogens (tertiary/aromatic N) is 2. The summed E-state index contributed by atoms with van der Waals surface area (Å²) in [5, 5.41) is 7.58. The average molecular weight is 450 g/mol. The van der Waals surface area contributed by atoms with Gasteiger partial charge in [0.05, 0.1) is 18.5 Å². The Morgan fingerprint density at radius 1 is 1.16 bits per heavy atom. The van der Waals surface area contributed by atoms with Crippen LogP contribution in [0.3, 0.4) is 0 Å². The zero-order valence-electron chi connectivity index (χ0n) is 18.7. The third-order valence-electron chi connectivity index (χ3n) is 5.65. The number of thioether (sulfide) groups is 1. The van der Waals surface area contributed by atoms with E-state index in [0.717, 1.165) is 33.4 Å². The summed E-state index contributed by atoms with van der Waals surface area (Å²) >= 11 is 1.63. The second kappa shape index (κ2) is 9.53. The molecular formula is C25H27N3O3S. The van der Waals surface area contributed by atoms with Gasteiger partial charge in [-0.1, -0.05) is 12.1 Å². The van der Waals surface area contributed by atoms with Gasteiger partial charge in [0, 0.05) is 27.8 Å². The normalized spacial score (nSPS) is 17.4. The molecule has 4 rings (SSSR count).